The van der Waals surface area contributed by atoms with Gasteiger partial charge in [0.25, 0.3) is 0 Å². The zero-order chi connectivity index (χ0) is 12.5. The molecule has 5 nitrogen and oxygen atoms in total. The quantitative estimate of drug-likeness (QED) is 0.739. The van der Waals surface area contributed by atoms with Crippen LogP contribution in [0, 0.1) is 6.92 Å². The highest BCUT2D eigenvalue weighted by Crippen LogP contribution is 2.26. The van der Waals surface area contributed by atoms with Gasteiger partial charge in [0.05, 0.1) is 5.69 Å². The number of aromatic nitrogens is 4. The van der Waals surface area contributed by atoms with Crippen LogP contribution in [-0.4, -0.2) is 19.9 Å². The van der Waals surface area contributed by atoms with Gasteiger partial charge in [0.15, 0.2) is 11.0 Å². The lowest BCUT2D eigenvalue weighted by Crippen LogP contribution is -1.84. The first-order valence-corrected chi connectivity index (χ1v) is 6.30. The highest BCUT2D eigenvalue weighted by atomic mass is 32.1. The molecule has 90 valence electrons. The number of nitrogen functional groups attached to an aromatic ring is 1. The molecule has 0 aliphatic heterocycles. The summed E-state index contributed by atoms with van der Waals surface area (Å²) in [7, 11) is 0. The molecule has 0 fully saturated rings. The second-order valence-electron chi connectivity index (χ2n) is 3.87. The van der Waals surface area contributed by atoms with E-state index in [0.29, 0.717) is 5.13 Å². The Kier molecular flexibility index (Phi) is 2.56. The lowest BCUT2D eigenvalue weighted by molar-refractivity contribution is 1.23. The molecule has 0 spiro atoms. The van der Waals surface area contributed by atoms with Crippen LogP contribution < -0.4 is 5.73 Å². The van der Waals surface area contributed by atoms with Crippen molar-refractivity contribution in [1.29, 1.82) is 0 Å². The normalized spacial score (nSPS) is 10.7. The van der Waals surface area contributed by atoms with Gasteiger partial charge in [0, 0.05) is 29.0 Å². The summed E-state index contributed by atoms with van der Waals surface area (Å²) < 4.78 is 0. The van der Waals surface area contributed by atoms with Crippen molar-refractivity contribution in [1.82, 2.24) is 19.9 Å². The summed E-state index contributed by atoms with van der Waals surface area (Å²) in [4.78, 5) is 16.1. The van der Waals surface area contributed by atoms with Gasteiger partial charge < -0.3 is 10.7 Å². The maximum Gasteiger partial charge on any atom is 0.180 e. The van der Waals surface area contributed by atoms with Gasteiger partial charge in [-0.2, -0.15) is 0 Å². The van der Waals surface area contributed by atoms with Crippen LogP contribution in [0.3, 0.4) is 0 Å². The summed E-state index contributed by atoms with van der Waals surface area (Å²) in [5.41, 5.74) is 9.27. The molecule has 0 bridgehead atoms. The number of hydrogen-bond acceptors (Lipinski definition) is 5. The molecule has 0 saturated carbocycles. The number of thiazole rings is 1. The van der Waals surface area contributed by atoms with Gasteiger partial charge in [-0.3, -0.25) is 4.98 Å². The minimum Gasteiger partial charge on any atom is -0.375 e. The minimum absolute atomic E-state index is 0.544. The average molecular weight is 257 g/mol. The van der Waals surface area contributed by atoms with Crippen LogP contribution in [0.15, 0.2) is 29.9 Å². The van der Waals surface area contributed by atoms with Gasteiger partial charge in [0.2, 0.25) is 0 Å². The molecule has 0 saturated heterocycles. The fourth-order valence-corrected chi connectivity index (χ4v) is 2.31. The lowest BCUT2D eigenvalue weighted by atomic mass is 10.2. The fourth-order valence-electron chi connectivity index (χ4n) is 1.76. The molecule has 0 aromatic carbocycles. The number of pyridine rings is 1. The lowest BCUT2D eigenvalue weighted by Gasteiger charge is -1.95. The molecule has 3 rings (SSSR count). The topological polar surface area (TPSA) is 80.5 Å². The zero-order valence-corrected chi connectivity index (χ0v) is 10.5. The van der Waals surface area contributed by atoms with Crippen molar-refractivity contribution in [2.45, 2.75) is 6.92 Å². The molecule has 0 atom stereocenters. The first-order valence-electron chi connectivity index (χ1n) is 5.42. The number of H-pyrrole nitrogens is 1. The van der Waals surface area contributed by atoms with Crippen LogP contribution in [0.25, 0.3) is 22.8 Å². The maximum atomic E-state index is 5.63. The van der Waals surface area contributed by atoms with E-state index >= 15 is 0 Å². The zero-order valence-electron chi connectivity index (χ0n) is 9.71. The Morgan fingerprint density at radius 2 is 2.22 bits per heavy atom. The summed E-state index contributed by atoms with van der Waals surface area (Å²) in [6.07, 6.45) is 3.54. The molecular formula is C12H11N5S. The van der Waals surface area contributed by atoms with Crippen LogP contribution in [0.4, 0.5) is 5.13 Å². The third-order valence-electron chi connectivity index (χ3n) is 2.58. The standard InChI is InChI=1S/C12H11N5S/c1-7-10(8-3-2-4-14-5-8)17-11(15-7)9-6-18-12(13)16-9/h2-6H,1H3,(H2,13,16)(H,15,17). The van der Waals surface area contributed by atoms with Gasteiger partial charge in [-0.25, -0.2) is 9.97 Å². The van der Waals surface area contributed by atoms with E-state index in [1.54, 1.807) is 12.4 Å². The number of aromatic amines is 1. The first-order chi connectivity index (χ1) is 8.74. The van der Waals surface area contributed by atoms with E-state index in [4.69, 9.17) is 5.73 Å². The number of imidazole rings is 1. The van der Waals surface area contributed by atoms with Crippen LogP contribution in [-0.2, 0) is 0 Å². The monoisotopic (exact) mass is 257 g/mol. The van der Waals surface area contributed by atoms with Crippen LogP contribution in [0.1, 0.15) is 5.69 Å². The van der Waals surface area contributed by atoms with Crippen molar-refractivity contribution in [3.05, 3.63) is 35.6 Å². The van der Waals surface area contributed by atoms with Crippen molar-refractivity contribution in [3.8, 4) is 22.8 Å². The van der Waals surface area contributed by atoms with E-state index in [-0.39, 0.29) is 0 Å². The van der Waals surface area contributed by atoms with Gasteiger partial charge in [-0.1, -0.05) is 0 Å². The summed E-state index contributed by atoms with van der Waals surface area (Å²) in [6.45, 7) is 1.98. The largest absolute Gasteiger partial charge is 0.375 e. The summed E-state index contributed by atoms with van der Waals surface area (Å²) >= 11 is 1.40. The van der Waals surface area contributed by atoms with Gasteiger partial charge in [0.1, 0.15) is 5.69 Å². The first kappa shape index (κ1) is 10.9. The third-order valence-corrected chi connectivity index (χ3v) is 3.26. The predicted molar refractivity (Wildman–Crippen MR) is 72.1 cm³/mol. The van der Waals surface area contributed by atoms with Crippen LogP contribution in [0.2, 0.25) is 0 Å². The SMILES string of the molecule is Cc1[nH]c(-c2csc(N)n2)nc1-c1cccnc1. The molecule has 0 aliphatic rings. The molecular weight excluding hydrogens is 246 g/mol. The Hall–Kier alpha value is -2.21. The van der Waals surface area contributed by atoms with Crippen molar-refractivity contribution in [3.63, 3.8) is 0 Å². The van der Waals surface area contributed by atoms with Crippen molar-refractivity contribution in [2.24, 2.45) is 0 Å². The van der Waals surface area contributed by atoms with Gasteiger partial charge in [-0.05, 0) is 19.1 Å². The molecule has 3 heterocycles. The average Bonchev–Trinajstić information content (AvgIpc) is 2.97. The molecule has 3 aromatic rings. The van der Waals surface area contributed by atoms with E-state index in [2.05, 4.69) is 19.9 Å². The van der Waals surface area contributed by atoms with Crippen LogP contribution in [0.5, 0.6) is 0 Å². The van der Waals surface area contributed by atoms with E-state index in [9.17, 15) is 0 Å². The Labute approximate surface area is 108 Å². The number of hydrogen-bond donors (Lipinski definition) is 2. The number of aryl methyl sites for hydroxylation is 1. The van der Waals surface area contributed by atoms with E-state index in [0.717, 1.165) is 28.5 Å². The molecule has 0 unspecified atom stereocenters. The molecule has 3 aromatic heterocycles. The molecule has 0 aliphatic carbocycles. The smallest absolute Gasteiger partial charge is 0.180 e. The summed E-state index contributed by atoms with van der Waals surface area (Å²) in [6, 6.07) is 3.87. The number of anilines is 1. The fraction of sp³-hybridized carbons (Fsp3) is 0.0833. The Morgan fingerprint density at radius 3 is 2.89 bits per heavy atom. The van der Waals surface area contributed by atoms with E-state index < -0.39 is 0 Å². The number of nitrogens with zero attached hydrogens (tertiary/aromatic N) is 3. The minimum atomic E-state index is 0.544. The van der Waals surface area contributed by atoms with Crippen molar-refractivity contribution in [2.75, 3.05) is 5.73 Å². The Balaban J connectivity index is 2.06. The number of nitrogens with one attached hydrogen (secondary N) is 1. The number of rotatable bonds is 2. The third kappa shape index (κ3) is 1.86. The van der Waals surface area contributed by atoms with Gasteiger partial charge in [-0.15, -0.1) is 11.3 Å². The molecule has 6 heteroatoms. The van der Waals surface area contributed by atoms with Crippen LogP contribution >= 0.6 is 11.3 Å². The molecule has 0 amide bonds. The molecule has 18 heavy (non-hydrogen) atoms. The van der Waals surface area contributed by atoms with E-state index in [1.807, 2.05) is 24.4 Å². The second kappa shape index (κ2) is 4.23. The molecule has 0 radical (unpaired) electrons. The highest BCUT2D eigenvalue weighted by Gasteiger charge is 2.12. The second-order valence-corrected chi connectivity index (χ2v) is 4.76. The number of nitrogens with two attached hydrogens (primary N) is 1. The highest BCUT2D eigenvalue weighted by molar-refractivity contribution is 7.13. The van der Waals surface area contributed by atoms with Gasteiger partial charge >= 0.3 is 0 Å². The van der Waals surface area contributed by atoms with E-state index in [1.165, 1.54) is 11.3 Å². The molecule has 3 N–H and O–H groups in total. The summed E-state index contributed by atoms with van der Waals surface area (Å²) in [5.74, 6) is 0.735. The Bertz CT molecular complexity index is 671. The summed E-state index contributed by atoms with van der Waals surface area (Å²) in [5, 5.41) is 2.43. The Morgan fingerprint density at radius 1 is 1.33 bits per heavy atom. The van der Waals surface area contributed by atoms with Crippen molar-refractivity contribution >= 4 is 16.5 Å². The van der Waals surface area contributed by atoms with Crippen molar-refractivity contribution < 1.29 is 0 Å². The maximum absolute atomic E-state index is 5.63. The predicted octanol–water partition coefficient (Wildman–Crippen LogP) is 2.49.